The molecule has 0 aliphatic heterocycles. The van der Waals surface area contributed by atoms with E-state index in [1.807, 2.05) is 0 Å². The number of esters is 2. The van der Waals surface area contributed by atoms with Crippen molar-refractivity contribution >= 4 is 33.3 Å². The Hall–Kier alpha value is -0.650. The summed E-state index contributed by atoms with van der Waals surface area (Å²) < 4.78 is 26.3. The van der Waals surface area contributed by atoms with Crippen LogP contribution in [0.1, 0.15) is 161 Å². The minimum atomic E-state index is -0.729. The third-order valence-electron chi connectivity index (χ3n) is 7.06. The molecule has 0 aromatic rings. The molecule has 0 aliphatic rings. The van der Waals surface area contributed by atoms with E-state index in [2.05, 4.69) is 19.6 Å². The quantitative estimate of drug-likeness (QED) is 0.0375. The Morgan fingerprint density at radius 2 is 1.00 bits per heavy atom. The fourth-order valence-corrected chi connectivity index (χ4v) is 5.09. The van der Waals surface area contributed by atoms with E-state index in [1.165, 1.54) is 103 Å². The number of rotatable bonds is 31. The van der Waals surface area contributed by atoms with Gasteiger partial charge in [0.1, 0.15) is 13.2 Å². The third kappa shape index (κ3) is 30.1. The van der Waals surface area contributed by atoms with Crippen molar-refractivity contribution < 1.29 is 28.2 Å². The minimum absolute atomic E-state index is 0.0584. The zero-order chi connectivity index (χ0) is 28.7. The van der Waals surface area contributed by atoms with E-state index in [4.69, 9.17) is 14.0 Å². The molecule has 0 aromatic heterocycles. The second-order valence-electron chi connectivity index (χ2n) is 10.8. The summed E-state index contributed by atoms with van der Waals surface area (Å²) in [7, 11) is -0.484. The lowest BCUT2D eigenvalue weighted by Crippen LogP contribution is -2.28. The lowest BCUT2D eigenvalue weighted by atomic mass is 10.0. The first-order chi connectivity index (χ1) is 19.1. The summed E-state index contributed by atoms with van der Waals surface area (Å²) in [5.41, 5.74) is 0. The molecule has 1 atom stereocenters. The Balaban J connectivity index is 3.78. The van der Waals surface area contributed by atoms with Crippen LogP contribution in [-0.4, -0.2) is 37.0 Å². The molecule has 0 aromatic carbocycles. The molecule has 39 heavy (non-hydrogen) atoms. The van der Waals surface area contributed by atoms with Crippen LogP contribution in [0.5, 0.6) is 0 Å². The average molecular weight is 591 g/mol. The van der Waals surface area contributed by atoms with Crippen LogP contribution in [0.25, 0.3) is 0 Å². The number of thiol groups is 1. The first-order valence-corrected chi connectivity index (χ1v) is 17.4. The molecule has 0 radical (unpaired) electrons. The molecule has 6 nitrogen and oxygen atoms in total. The van der Waals surface area contributed by atoms with E-state index in [9.17, 15) is 14.2 Å². The largest absolute Gasteiger partial charge is 0.462 e. The second-order valence-corrected chi connectivity index (χ2v) is 11.7. The van der Waals surface area contributed by atoms with Crippen LogP contribution in [0.2, 0.25) is 0 Å². The fraction of sp³-hybridized carbons (Fsp3) is 0.935. The van der Waals surface area contributed by atoms with Crippen molar-refractivity contribution in [1.29, 1.82) is 0 Å². The van der Waals surface area contributed by atoms with Crippen molar-refractivity contribution in [2.24, 2.45) is 0 Å². The molecule has 0 unspecified atom stereocenters. The number of hydrogen-bond acceptors (Lipinski definition) is 7. The highest BCUT2D eigenvalue weighted by Gasteiger charge is 2.17. The molecule has 0 aliphatic carbocycles. The van der Waals surface area contributed by atoms with Gasteiger partial charge in [0.2, 0.25) is 0 Å². The summed E-state index contributed by atoms with van der Waals surface area (Å²) in [6.07, 6.45) is 26.7. The van der Waals surface area contributed by atoms with Crippen molar-refractivity contribution in [3.8, 4) is 0 Å². The molecule has 0 bridgehead atoms. The van der Waals surface area contributed by atoms with Crippen molar-refractivity contribution in [3.05, 3.63) is 0 Å². The molecular weight excluding hydrogens is 531 g/mol. The first kappa shape index (κ1) is 38.4. The van der Waals surface area contributed by atoms with E-state index in [-0.39, 0.29) is 25.2 Å². The van der Waals surface area contributed by atoms with Crippen LogP contribution < -0.4 is 0 Å². The first-order valence-electron chi connectivity index (χ1n) is 16.0. The number of ether oxygens (including phenoxy) is 2. The van der Waals surface area contributed by atoms with E-state index in [0.29, 0.717) is 12.8 Å². The number of carbonyl (C=O) groups is 2. The highest BCUT2D eigenvalue weighted by molar-refractivity contribution is 7.80. The van der Waals surface area contributed by atoms with Crippen LogP contribution in [0.15, 0.2) is 0 Å². The highest BCUT2D eigenvalue weighted by atomic mass is 32.1. The summed E-state index contributed by atoms with van der Waals surface area (Å²) in [4.78, 5) is 24.3. The standard InChI is InChI=1S/C31H59O6PS/c1-2-3-4-5-6-7-8-9-13-16-19-22-25-31(33)37-29(28-36-38-34)27-35-30(32)24-21-18-15-12-10-11-14-17-20-23-26-39/h29,39H,2-28H2,1H3/t29-/m1/s1. The van der Waals surface area contributed by atoms with Gasteiger partial charge in [0.05, 0.1) is 0 Å². The van der Waals surface area contributed by atoms with Gasteiger partial charge in [0, 0.05) is 12.8 Å². The summed E-state index contributed by atoms with van der Waals surface area (Å²) in [5.74, 6) is 0.373. The number of unbranched alkanes of at least 4 members (excludes halogenated alkanes) is 20. The molecule has 0 heterocycles. The Morgan fingerprint density at radius 3 is 1.44 bits per heavy atom. The van der Waals surface area contributed by atoms with Crippen molar-refractivity contribution in [3.63, 3.8) is 0 Å². The van der Waals surface area contributed by atoms with Gasteiger partial charge in [-0.3, -0.25) is 14.1 Å². The smallest absolute Gasteiger partial charge is 0.327 e. The van der Waals surface area contributed by atoms with Crippen molar-refractivity contribution in [2.45, 2.75) is 167 Å². The predicted molar refractivity (Wildman–Crippen MR) is 165 cm³/mol. The number of carbonyl (C=O) groups excluding carboxylic acids is 2. The summed E-state index contributed by atoms with van der Waals surface area (Å²) >= 11 is 4.24. The molecule has 0 spiro atoms. The number of hydrogen-bond donors (Lipinski definition) is 1. The maximum Gasteiger partial charge on any atom is 0.327 e. The van der Waals surface area contributed by atoms with Gasteiger partial charge in [-0.2, -0.15) is 12.6 Å². The van der Waals surface area contributed by atoms with Crippen molar-refractivity contribution in [1.82, 2.24) is 0 Å². The normalized spacial score (nSPS) is 12.1. The van der Waals surface area contributed by atoms with Gasteiger partial charge >= 0.3 is 20.6 Å². The fourth-order valence-electron chi connectivity index (χ4n) is 4.64. The van der Waals surface area contributed by atoms with Gasteiger partial charge in [-0.1, -0.05) is 129 Å². The van der Waals surface area contributed by atoms with Crippen LogP contribution >= 0.6 is 21.3 Å². The minimum Gasteiger partial charge on any atom is -0.462 e. The van der Waals surface area contributed by atoms with Crippen LogP contribution in [0.3, 0.4) is 0 Å². The SMILES string of the molecule is CCCCCCCCCCCCCCC(=O)O[C@@H](COP=O)COC(=O)CCCCCCCCCCCCS. The van der Waals surface area contributed by atoms with E-state index >= 15 is 0 Å². The molecule has 230 valence electrons. The van der Waals surface area contributed by atoms with Crippen molar-refractivity contribution in [2.75, 3.05) is 19.0 Å². The van der Waals surface area contributed by atoms with Gasteiger partial charge < -0.3 is 9.47 Å². The zero-order valence-corrected chi connectivity index (χ0v) is 26.8. The Labute approximate surface area is 247 Å². The Morgan fingerprint density at radius 1 is 0.590 bits per heavy atom. The van der Waals surface area contributed by atoms with Crippen LogP contribution in [0.4, 0.5) is 0 Å². The van der Waals surface area contributed by atoms with Gasteiger partial charge in [0.15, 0.2) is 6.10 Å². The predicted octanol–water partition coefficient (Wildman–Crippen LogP) is 9.98. The zero-order valence-electron chi connectivity index (χ0n) is 25.0. The lowest BCUT2D eigenvalue weighted by Gasteiger charge is -2.16. The molecule has 0 N–H and O–H groups in total. The Bertz CT molecular complexity index is 563. The molecule has 0 saturated heterocycles. The maximum atomic E-state index is 12.2. The van der Waals surface area contributed by atoms with E-state index in [0.717, 1.165) is 44.3 Å². The van der Waals surface area contributed by atoms with Gasteiger partial charge in [-0.05, 0) is 25.0 Å². The summed E-state index contributed by atoms with van der Waals surface area (Å²) in [5, 5.41) is 0. The second kappa shape index (κ2) is 31.9. The average Bonchev–Trinajstić information content (AvgIpc) is 2.93. The Kier molecular flexibility index (Phi) is 31.3. The molecule has 0 saturated carbocycles. The van der Waals surface area contributed by atoms with Crippen LogP contribution in [-0.2, 0) is 28.2 Å². The third-order valence-corrected chi connectivity index (χ3v) is 7.64. The highest BCUT2D eigenvalue weighted by Crippen LogP contribution is 2.14. The van der Waals surface area contributed by atoms with E-state index < -0.39 is 14.8 Å². The molecule has 0 amide bonds. The monoisotopic (exact) mass is 590 g/mol. The van der Waals surface area contributed by atoms with E-state index in [1.54, 1.807) is 0 Å². The molecule has 0 fully saturated rings. The molecule has 0 rings (SSSR count). The van der Waals surface area contributed by atoms with Crippen LogP contribution in [0, 0.1) is 0 Å². The maximum absolute atomic E-state index is 12.2. The van der Waals surface area contributed by atoms with Gasteiger partial charge in [-0.25, -0.2) is 4.57 Å². The van der Waals surface area contributed by atoms with Gasteiger partial charge in [-0.15, -0.1) is 0 Å². The van der Waals surface area contributed by atoms with Gasteiger partial charge in [0.25, 0.3) is 0 Å². The molecule has 8 heteroatoms. The molecular formula is C31H59O6PS. The summed E-state index contributed by atoms with van der Waals surface area (Å²) in [6, 6.07) is 0. The topological polar surface area (TPSA) is 78.9 Å². The lowest BCUT2D eigenvalue weighted by molar-refractivity contribution is -0.160. The summed E-state index contributed by atoms with van der Waals surface area (Å²) in [6.45, 7) is 2.13.